The molecule has 474 valence electrons. The summed E-state index contributed by atoms with van der Waals surface area (Å²) in [6.45, 7) is 25.2. The van der Waals surface area contributed by atoms with Gasteiger partial charge in [0.1, 0.15) is 11.5 Å². The van der Waals surface area contributed by atoms with Crippen LogP contribution in [0, 0.1) is 38.5 Å². The lowest BCUT2D eigenvalue weighted by Gasteiger charge is -2.29. The molecule has 2 aliphatic rings. The molecular weight excluding hydrogens is 1190 g/mol. The molecule has 2 heterocycles. The van der Waals surface area contributed by atoms with Crippen LogP contribution in [0.1, 0.15) is 110 Å². The maximum absolute atomic E-state index is 14.0. The average Bonchev–Trinajstić information content (AvgIpc) is 1.69. The maximum atomic E-state index is 14.0. The predicted octanol–water partition coefficient (Wildman–Crippen LogP) is 11.5. The molecule has 23 heteroatoms. The second kappa shape index (κ2) is 28.7. The van der Waals surface area contributed by atoms with Crippen LogP contribution in [0.5, 0.6) is 11.5 Å². The Labute approximate surface area is 528 Å². The van der Waals surface area contributed by atoms with Crippen LogP contribution in [0.2, 0.25) is 10.0 Å². The number of hydrogen-bond acceptors (Lipinski definition) is 14. The van der Waals surface area contributed by atoms with Crippen molar-refractivity contribution >= 4 is 105 Å². The predicted molar refractivity (Wildman–Crippen MR) is 338 cm³/mol. The number of amides is 9. The number of urea groups is 1. The second-order valence-corrected chi connectivity index (χ2v) is 25.0. The van der Waals surface area contributed by atoms with Gasteiger partial charge >= 0.3 is 12.1 Å². The first-order valence-corrected chi connectivity index (χ1v) is 29.6. The number of carbonyl (C=O) groups is 10. The first-order valence-electron chi connectivity index (χ1n) is 28.8. The van der Waals surface area contributed by atoms with E-state index in [1.165, 1.54) is 49.1 Å². The van der Waals surface area contributed by atoms with Crippen LogP contribution in [-0.2, 0) is 54.4 Å². The molecule has 0 spiro atoms. The summed E-state index contributed by atoms with van der Waals surface area (Å²) in [5.41, 5.74) is 1.61. The van der Waals surface area contributed by atoms with Gasteiger partial charge in [-0.15, -0.1) is 0 Å². The number of carbonyl (C=O) groups excluding carboxylic acids is 10. The number of nitrogens with one attached hydrogen (secondary N) is 4. The zero-order valence-electron chi connectivity index (χ0n) is 52.6. The molecule has 21 nitrogen and oxygen atoms in total. The van der Waals surface area contributed by atoms with Crippen molar-refractivity contribution in [3.05, 3.63) is 141 Å². The Hall–Kier alpha value is -8.66. The third-order valence-corrected chi connectivity index (χ3v) is 14.9. The topological polar surface area (TPSA) is 265 Å². The molecule has 7 rings (SSSR count). The van der Waals surface area contributed by atoms with Gasteiger partial charge in [0, 0.05) is 28.8 Å². The van der Waals surface area contributed by atoms with Gasteiger partial charge in [0.05, 0.1) is 28.0 Å². The Balaban J connectivity index is 0.000000290. The molecule has 9 amide bonds. The van der Waals surface area contributed by atoms with Gasteiger partial charge in [-0.2, -0.15) is 0 Å². The van der Waals surface area contributed by atoms with Gasteiger partial charge in [-0.1, -0.05) is 137 Å². The van der Waals surface area contributed by atoms with Crippen molar-refractivity contribution in [2.75, 3.05) is 27.9 Å². The van der Waals surface area contributed by atoms with Crippen LogP contribution in [0.25, 0.3) is 0 Å². The van der Waals surface area contributed by atoms with Crippen molar-refractivity contribution in [2.45, 2.75) is 153 Å². The summed E-state index contributed by atoms with van der Waals surface area (Å²) < 4.78 is 22.6. The van der Waals surface area contributed by atoms with Crippen molar-refractivity contribution in [2.24, 2.45) is 10.8 Å². The van der Waals surface area contributed by atoms with E-state index in [1.807, 2.05) is 71.0 Å². The fourth-order valence-corrected chi connectivity index (χ4v) is 9.69. The zero-order chi connectivity index (χ0) is 66.2. The highest BCUT2D eigenvalue weighted by Crippen LogP contribution is 2.35. The first kappa shape index (κ1) is 69.4. The Morgan fingerprint density at radius 2 is 1.08 bits per heavy atom. The van der Waals surface area contributed by atoms with E-state index in [0.29, 0.717) is 33.4 Å². The zero-order valence-corrected chi connectivity index (χ0v) is 54.1. The number of halogens is 2. The van der Waals surface area contributed by atoms with Gasteiger partial charge in [0.2, 0.25) is 6.23 Å². The number of benzene rings is 5. The summed E-state index contributed by atoms with van der Waals surface area (Å²) in [7, 11) is 0. The summed E-state index contributed by atoms with van der Waals surface area (Å²) in [6, 6.07) is 24.7. The Kier molecular flexibility index (Phi) is 22.4. The van der Waals surface area contributed by atoms with Crippen LogP contribution in [0.15, 0.2) is 103 Å². The SMILES string of the molecule is CCOC1C(=O)N(C(C(=O)Nc2cc(NC(=O)C(CC)Oc3ccc(C)cc3C)ccc2Cl)C(=O)C(C)(C)C)C(=O)N1Cc1ccccc1.Cc1ccc(OC(C)C(=O)Nc2ccc(Cl)c(NC(=O)C(C(=O)C(C)(C)C)N3C(=O)OC(C)(C)C3=O)c2)c(C)c1. The van der Waals surface area contributed by atoms with Crippen molar-refractivity contribution < 1.29 is 66.9 Å². The van der Waals surface area contributed by atoms with Crippen molar-refractivity contribution in [1.82, 2.24) is 14.7 Å². The van der Waals surface area contributed by atoms with Crippen LogP contribution >= 0.6 is 23.2 Å². The molecule has 0 radical (unpaired) electrons. The molecule has 2 fully saturated rings. The highest BCUT2D eigenvalue weighted by Gasteiger charge is 2.56. The number of imide groups is 2. The molecule has 0 aliphatic carbocycles. The number of nitrogens with zero attached hydrogens (tertiary/aromatic N) is 3. The summed E-state index contributed by atoms with van der Waals surface area (Å²) in [5, 5.41) is 10.9. The van der Waals surface area contributed by atoms with Gasteiger partial charge in [-0.25, -0.2) is 19.4 Å². The summed E-state index contributed by atoms with van der Waals surface area (Å²) in [5.74, 6) is -4.61. The Morgan fingerprint density at radius 3 is 1.52 bits per heavy atom. The molecule has 5 unspecified atom stereocenters. The molecule has 5 aromatic carbocycles. The van der Waals surface area contributed by atoms with E-state index in [2.05, 4.69) is 21.3 Å². The number of anilines is 4. The molecule has 2 aliphatic heterocycles. The molecule has 2 saturated heterocycles. The van der Waals surface area contributed by atoms with Crippen LogP contribution in [0.3, 0.4) is 0 Å². The lowest BCUT2D eigenvalue weighted by Crippen LogP contribution is -2.55. The Morgan fingerprint density at radius 1 is 0.607 bits per heavy atom. The fraction of sp³-hybridized carbons (Fsp3) is 0.394. The van der Waals surface area contributed by atoms with Gasteiger partial charge in [0.15, 0.2) is 41.5 Å². The number of Topliss-reactive ketones (excluding diaryl/α,β-unsaturated/α-hetero) is 2. The summed E-state index contributed by atoms with van der Waals surface area (Å²) >= 11 is 12.8. The molecule has 0 bridgehead atoms. The van der Waals surface area contributed by atoms with Gasteiger partial charge in [-0.05, 0) is 127 Å². The number of ketones is 2. The number of ether oxygens (including phenoxy) is 4. The molecule has 4 N–H and O–H groups in total. The minimum absolute atomic E-state index is 0.0180. The van der Waals surface area contributed by atoms with E-state index in [4.69, 9.17) is 42.1 Å². The third-order valence-electron chi connectivity index (χ3n) is 14.2. The lowest BCUT2D eigenvalue weighted by atomic mass is 9.85. The van der Waals surface area contributed by atoms with Crippen molar-refractivity contribution in [3.63, 3.8) is 0 Å². The van der Waals surface area contributed by atoms with Crippen LogP contribution < -0.4 is 30.7 Å². The number of cyclic esters (lactones) is 1. The minimum Gasteiger partial charge on any atom is -0.481 e. The van der Waals surface area contributed by atoms with E-state index in [1.54, 1.807) is 91.8 Å². The van der Waals surface area contributed by atoms with Gasteiger partial charge < -0.3 is 40.2 Å². The molecule has 5 atom stereocenters. The maximum Gasteiger partial charge on any atom is 0.418 e. The lowest BCUT2D eigenvalue weighted by molar-refractivity contribution is -0.149. The normalized spacial score (nSPS) is 16.1. The van der Waals surface area contributed by atoms with Crippen molar-refractivity contribution in [1.29, 1.82) is 0 Å². The highest BCUT2D eigenvalue weighted by molar-refractivity contribution is 6.35. The highest BCUT2D eigenvalue weighted by atomic mass is 35.5. The smallest absolute Gasteiger partial charge is 0.418 e. The van der Waals surface area contributed by atoms with E-state index in [9.17, 15) is 47.9 Å². The quantitative estimate of drug-likeness (QED) is 0.0393. The summed E-state index contributed by atoms with van der Waals surface area (Å²) in [6.07, 6.45) is -3.71. The van der Waals surface area contributed by atoms with Gasteiger partial charge in [-0.3, -0.25) is 43.3 Å². The molecule has 0 saturated carbocycles. The number of rotatable bonds is 21. The standard InChI is InChI=1S/C37H43ClN4O7.C29H34ClN3O7/c1-8-28(49-29-18-15-22(3)19-23(29)4)32(44)39-25-16-17-26(38)27(20-25)40-33(45)30(31(43)37(5,6)7)42-34(46)35(48-9-2)41(36(42)47)21-24-13-11-10-12-14-24;1-15-9-12-21(16(2)13-15)39-17(3)24(35)31-18-10-11-19(30)20(14-18)32-25(36)22(23(34)28(4,5)6)33-26(37)29(7,8)40-27(33)38/h10-20,28,30,35H,8-9,21H2,1-7H3,(H,39,44)(H,40,45);9-14,17,22H,1-8H3,(H,31,35)(H,32,36). The second-order valence-electron chi connectivity index (χ2n) is 24.2. The number of hydrogen-bond donors (Lipinski definition) is 4. The minimum atomic E-state index is -1.84. The fourth-order valence-electron chi connectivity index (χ4n) is 9.36. The monoisotopic (exact) mass is 1260 g/mol. The van der Waals surface area contributed by atoms with Crippen molar-refractivity contribution in [3.8, 4) is 11.5 Å². The van der Waals surface area contributed by atoms with Crippen LogP contribution in [-0.4, -0.2) is 117 Å². The molecule has 0 aromatic heterocycles. The number of aryl methyl sites for hydroxylation is 4. The van der Waals surface area contributed by atoms with E-state index in [-0.39, 0.29) is 40.3 Å². The first-order chi connectivity index (χ1) is 41.6. The molecule has 5 aromatic rings. The third kappa shape index (κ3) is 16.9. The van der Waals surface area contributed by atoms with E-state index in [0.717, 1.165) is 27.8 Å². The Bertz CT molecular complexity index is 3560. The van der Waals surface area contributed by atoms with Crippen LogP contribution in [0.4, 0.5) is 32.3 Å². The summed E-state index contributed by atoms with van der Waals surface area (Å²) in [4.78, 5) is 136. The largest absolute Gasteiger partial charge is 0.481 e. The molecule has 89 heavy (non-hydrogen) atoms. The van der Waals surface area contributed by atoms with E-state index < -0.39 is 106 Å². The molecular formula is C66H77Cl2N7O14. The average molecular weight is 1260 g/mol. The van der Waals surface area contributed by atoms with E-state index >= 15 is 0 Å². The van der Waals surface area contributed by atoms with Gasteiger partial charge in [0.25, 0.3) is 35.4 Å².